The van der Waals surface area contributed by atoms with Crippen LogP contribution in [0.4, 0.5) is 13.2 Å². The number of carbonyl (C=O) groups is 1. The van der Waals surface area contributed by atoms with Gasteiger partial charge in [0.2, 0.25) is 0 Å². The van der Waals surface area contributed by atoms with E-state index in [2.05, 4.69) is 5.10 Å². The van der Waals surface area contributed by atoms with E-state index in [-0.39, 0.29) is 17.9 Å². The molecule has 5 nitrogen and oxygen atoms in total. The first-order valence-electron chi connectivity index (χ1n) is 8.42. The molecule has 0 unspecified atom stereocenters. The van der Waals surface area contributed by atoms with E-state index in [9.17, 15) is 18.0 Å². The molecule has 0 fully saturated rings. The molecule has 0 saturated heterocycles. The molecule has 0 aliphatic rings. The summed E-state index contributed by atoms with van der Waals surface area (Å²) in [4.78, 5) is 12.1. The zero-order chi connectivity index (χ0) is 20.3. The highest BCUT2D eigenvalue weighted by atomic mass is 19.4. The zero-order valence-electron chi connectivity index (χ0n) is 15.2. The van der Waals surface area contributed by atoms with Crippen LogP contribution in [0.25, 0.3) is 16.9 Å². The first-order valence-corrected chi connectivity index (χ1v) is 8.42. The third-order valence-corrected chi connectivity index (χ3v) is 3.98. The molecule has 0 radical (unpaired) electrons. The Morgan fingerprint density at radius 2 is 1.86 bits per heavy atom. The smallest absolute Gasteiger partial charge is 0.416 e. The summed E-state index contributed by atoms with van der Waals surface area (Å²) in [5, 5.41) is 4.25. The number of halogens is 3. The molecule has 0 aliphatic carbocycles. The van der Waals surface area contributed by atoms with Crippen molar-refractivity contribution in [3.05, 3.63) is 65.9 Å². The van der Waals surface area contributed by atoms with Crippen LogP contribution in [-0.4, -0.2) is 29.5 Å². The number of aromatic nitrogens is 2. The SMILES string of the molecule is CCOC(=O)c1cc(-c2cccc(C(F)(F)F)c2)n(-c2cccc(OC)c2)n1. The highest BCUT2D eigenvalue weighted by Crippen LogP contribution is 2.33. The Labute approximate surface area is 159 Å². The molecular formula is C20H17F3N2O3. The average molecular weight is 390 g/mol. The summed E-state index contributed by atoms with van der Waals surface area (Å²) < 4.78 is 50.9. The van der Waals surface area contributed by atoms with Crippen molar-refractivity contribution >= 4 is 5.97 Å². The molecule has 8 heteroatoms. The van der Waals surface area contributed by atoms with E-state index in [1.165, 1.54) is 30.0 Å². The van der Waals surface area contributed by atoms with Crippen LogP contribution in [0, 0.1) is 0 Å². The topological polar surface area (TPSA) is 53.4 Å². The van der Waals surface area contributed by atoms with Gasteiger partial charge in [-0.15, -0.1) is 0 Å². The van der Waals surface area contributed by atoms with E-state index < -0.39 is 17.7 Å². The molecule has 146 valence electrons. The van der Waals surface area contributed by atoms with Crippen LogP contribution in [-0.2, 0) is 10.9 Å². The second-order valence-corrected chi connectivity index (χ2v) is 5.83. The van der Waals surface area contributed by atoms with Gasteiger partial charge in [-0.05, 0) is 37.3 Å². The molecule has 2 aromatic carbocycles. The number of rotatable bonds is 5. The van der Waals surface area contributed by atoms with Crippen molar-refractivity contribution in [1.29, 1.82) is 0 Å². The van der Waals surface area contributed by atoms with Gasteiger partial charge in [-0.3, -0.25) is 0 Å². The normalized spacial score (nSPS) is 11.3. The highest BCUT2D eigenvalue weighted by molar-refractivity contribution is 5.89. The maximum atomic E-state index is 13.1. The van der Waals surface area contributed by atoms with Crippen LogP contribution in [0.2, 0.25) is 0 Å². The summed E-state index contributed by atoms with van der Waals surface area (Å²) >= 11 is 0. The van der Waals surface area contributed by atoms with Crippen LogP contribution in [0.15, 0.2) is 54.6 Å². The third-order valence-electron chi connectivity index (χ3n) is 3.98. The molecule has 3 aromatic rings. The third kappa shape index (κ3) is 4.00. The van der Waals surface area contributed by atoms with Crippen molar-refractivity contribution in [2.24, 2.45) is 0 Å². The molecule has 0 bridgehead atoms. The molecule has 0 N–H and O–H groups in total. The fourth-order valence-corrected chi connectivity index (χ4v) is 2.69. The zero-order valence-corrected chi connectivity index (χ0v) is 15.2. The van der Waals surface area contributed by atoms with Crippen LogP contribution in [0.1, 0.15) is 23.0 Å². The van der Waals surface area contributed by atoms with Gasteiger partial charge in [0.25, 0.3) is 0 Å². The van der Waals surface area contributed by atoms with Crippen LogP contribution < -0.4 is 4.74 Å². The standard InChI is InChI=1S/C20H17F3N2O3/c1-3-28-19(26)17-12-18(13-6-4-7-14(10-13)20(21,22)23)25(24-17)15-8-5-9-16(11-15)27-2/h4-12H,3H2,1-2H3. The van der Waals surface area contributed by atoms with E-state index in [0.717, 1.165) is 12.1 Å². The number of carbonyl (C=O) groups excluding carboxylic acids is 1. The van der Waals surface area contributed by atoms with Crippen molar-refractivity contribution in [2.75, 3.05) is 13.7 Å². The molecule has 28 heavy (non-hydrogen) atoms. The van der Waals surface area contributed by atoms with E-state index in [0.29, 0.717) is 17.1 Å². The van der Waals surface area contributed by atoms with Crippen LogP contribution in [0.3, 0.4) is 0 Å². The fraction of sp³-hybridized carbons (Fsp3) is 0.200. The molecule has 0 amide bonds. The van der Waals surface area contributed by atoms with E-state index in [1.54, 1.807) is 31.2 Å². The second kappa shape index (κ2) is 7.75. The largest absolute Gasteiger partial charge is 0.497 e. The summed E-state index contributed by atoms with van der Waals surface area (Å²) in [6.07, 6.45) is -4.49. The number of methoxy groups -OCH3 is 1. The van der Waals surface area contributed by atoms with Gasteiger partial charge in [0.1, 0.15) is 5.75 Å². The lowest BCUT2D eigenvalue weighted by atomic mass is 10.1. The summed E-state index contributed by atoms with van der Waals surface area (Å²) in [5.41, 5.74) is 0.323. The second-order valence-electron chi connectivity index (χ2n) is 5.83. The molecule has 0 spiro atoms. The molecule has 1 aromatic heterocycles. The summed E-state index contributed by atoms with van der Waals surface area (Å²) in [7, 11) is 1.50. The number of hydrogen-bond acceptors (Lipinski definition) is 4. The van der Waals surface area contributed by atoms with E-state index in [4.69, 9.17) is 9.47 Å². The molecule has 0 atom stereocenters. The lowest BCUT2D eigenvalue weighted by molar-refractivity contribution is -0.137. The summed E-state index contributed by atoms with van der Waals surface area (Å²) in [6, 6.07) is 13.1. The first-order chi connectivity index (χ1) is 13.3. The van der Waals surface area contributed by atoms with Gasteiger partial charge in [0.05, 0.1) is 30.7 Å². The minimum atomic E-state index is -4.49. The Hall–Kier alpha value is -3.29. The number of esters is 1. The van der Waals surface area contributed by atoms with Crippen LogP contribution in [0.5, 0.6) is 5.75 Å². The number of nitrogens with zero attached hydrogens (tertiary/aromatic N) is 2. The lowest BCUT2D eigenvalue weighted by Gasteiger charge is -2.11. The van der Waals surface area contributed by atoms with Crippen molar-refractivity contribution < 1.29 is 27.4 Å². The predicted octanol–water partition coefficient (Wildman–Crippen LogP) is 4.74. The Bertz CT molecular complexity index is 996. The molecule has 1 heterocycles. The number of benzene rings is 2. The van der Waals surface area contributed by atoms with Gasteiger partial charge in [-0.25, -0.2) is 9.48 Å². The van der Waals surface area contributed by atoms with Gasteiger partial charge in [-0.2, -0.15) is 18.3 Å². The van der Waals surface area contributed by atoms with Crippen molar-refractivity contribution in [3.8, 4) is 22.7 Å². The monoisotopic (exact) mass is 390 g/mol. The lowest BCUT2D eigenvalue weighted by Crippen LogP contribution is -2.07. The minimum absolute atomic E-state index is 0.00270. The van der Waals surface area contributed by atoms with Crippen molar-refractivity contribution in [3.63, 3.8) is 0 Å². The number of hydrogen-bond donors (Lipinski definition) is 0. The van der Waals surface area contributed by atoms with Crippen molar-refractivity contribution in [2.45, 2.75) is 13.1 Å². The van der Waals surface area contributed by atoms with Crippen LogP contribution >= 0.6 is 0 Å². The Balaban J connectivity index is 2.17. The quantitative estimate of drug-likeness (QED) is 0.591. The van der Waals surface area contributed by atoms with Gasteiger partial charge in [0, 0.05) is 11.6 Å². The van der Waals surface area contributed by atoms with Crippen molar-refractivity contribution in [1.82, 2.24) is 9.78 Å². The number of ether oxygens (including phenoxy) is 2. The summed E-state index contributed by atoms with van der Waals surface area (Å²) in [5.74, 6) is -0.113. The maximum Gasteiger partial charge on any atom is 0.416 e. The van der Waals surface area contributed by atoms with E-state index in [1.807, 2.05) is 0 Å². The predicted molar refractivity (Wildman–Crippen MR) is 96.5 cm³/mol. The Morgan fingerprint density at radius 1 is 1.11 bits per heavy atom. The van der Waals surface area contributed by atoms with Gasteiger partial charge in [0.15, 0.2) is 5.69 Å². The van der Waals surface area contributed by atoms with Gasteiger partial charge in [-0.1, -0.05) is 18.2 Å². The number of alkyl halides is 3. The Kier molecular flexibility index (Phi) is 5.39. The molecular weight excluding hydrogens is 373 g/mol. The molecule has 0 saturated carbocycles. The Morgan fingerprint density at radius 3 is 2.54 bits per heavy atom. The van der Waals surface area contributed by atoms with E-state index >= 15 is 0 Å². The first kappa shape index (κ1) is 19.5. The molecule has 0 aliphatic heterocycles. The minimum Gasteiger partial charge on any atom is -0.497 e. The highest BCUT2D eigenvalue weighted by Gasteiger charge is 2.31. The summed E-state index contributed by atoms with van der Waals surface area (Å²) in [6.45, 7) is 1.81. The fourth-order valence-electron chi connectivity index (χ4n) is 2.69. The molecule has 3 rings (SSSR count). The van der Waals surface area contributed by atoms with Gasteiger partial charge < -0.3 is 9.47 Å². The van der Waals surface area contributed by atoms with Gasteiger partial charge >= 0.3 is 12.1 Å². The maximum absolute atomic E-state index is 13.1. The average Bonchev–Trinajstić information content (AvgIpc) is 3.13.